The predicted octanol–water partition coefficient (Wildman–Crippen LogP) is 4.16. The minimum absolute atomic E-state index is 0.0180. The van der Waals surface area contributed by atoms with Gasteiger partial charge in [-0.15, -0.1) is 11.3 Å². The van der Waals surface area contributed by atoms with Crippen molar-refractivity contribution in [3.63, 3.8) is 0 Å². The van der Waals surface area contributed by atoms with Gasteiger partial charge in [-0.1, -0.05) is 31.5 Å². The second-order valence-electron chi connectivity index (χ2n) is 7.50. The van der Waals surface area contributed by atoms with Gasteiger partial charge in [0.2, 0.25) is 5.95 Å². The number of halogens is 1. The first-order chi connectivity index (χ1) is 12.9. The Balaban J connectivity index is 1.96. The van der Waals surface area contributed by atoms with Crippen molar-refractivity contribution in [2.24, 2.45) is 5.92 Å². The fraction of sp³-hybridized carbons (Fsp3) is 0.400. The number of anilines is 1. The minimum Gasteiger partial charge on any atom is -0.355 e. The van der Waals surface area contributed by atoms with Gasteiger partial charge in [0, 0.05) is 29.5 Å². The number of nitrogens with zero attached hydrogens (tertiary/aromatic N) is 3. The molecule has 0 fully saturated rings. The first kappa shape index (κ1) is 18.5. The highest BCUT2D eigenvalue weighted by atomic mass is 35.5. The molecule has 1 aliphatic heterocycles. The Hall–Kier alpha value is -1.89. The maximum atomic E-state index is 13.6. The summed E-state index contributed by atoms with van der Waals surface area (Å²) >= 11 is 7.84. The van der Waals surface area contributed by atoms with Crippen LogP contribution in [0.3, 0.4) is 0 Å². The number of rotatable bonds is 4. The average Bonchev–Trinajstić information content (AvgIpc) is 2.97. The van der Waals surface area contributed by atoms with Crippen LogP contribution >= 0.6 is 22.9 Å². The summed E-state index contributed by atoms with van der Waals surface area (Å²) in [5.41, 5.74) is 1.88. The second kappa shape index (κ2) is 7.26. The van der Waals surface area contributed by atoms with Gasteiger partial charge < -0.3 is 10.2 Å². The summed E-state index contributed by atoms with van der Waals surface area (Å²) in [6, 6.07) is 7.38. The lowest BCUT2D eigenvalue weighted by molar-refractivity contribution is 0.318. The molecule has 0 bridgehead atoms. The number of benzene rings is 1. The molecule has 0 amide bonds. The SMILES string of the molecule is CC(C)CNc1nc2sc3c(c2c(=O)n1-c1cccc(Cl)c1)CCN(C)C3. The third kappa shape index (κ3) is 3.49. The van der Waals surface area contributed by atoms with E-state index in [0.29, 0.717) is 16.9 Å². The lowest BCUT2D eigenvalue weighted by Gasteiger charge is -2.22. The van der Waals surface area contributed by atoms with E-state index >= 15 is 0 Å². The van der Waals surface area contributed by atoms with Gasteiger partial charge in [-0.3, -0.25) is 4.79 Å². The standard InChI is InChI=1S/C20H23ClN4OS/c1-12(2)10-22-20-23-18-17(15-7-8-24(3)11-16(15)27-18)19(26)25(20)14-6-4-5-13(21)9-14/h4-6,9,12H,7-8,10-11H2,1-3H3,(H,22,23). The lowest BCUT2D eigenvalue weighted by atomic mass is 10.1. The van der Waals surface area contributed by atoms with E-state index in [0.717, 1.165) is 47.5 Å². The molecule has 0 radical (unpaired) electrons. The average molecular weight is 403 g/mol. The highest BCUT2D eigenvalue weighted by Crippen LogP contribution is 2.33. The highest BCUT2D eigenvalue weighted by Gasteiger charge is 2.24. The molecule has 3 aromatic rings. The molecule has 5 nitrogen and oxygen atoms in total. The van der Waals surface area contributed by atoms with E-state index in [-0.39, 0.29) is 5.56 Å². The summed E-state index contributed by atoms with van der Waals surface area (Å²) in [7, 11) is 2.11. The van der Waals surface area contributed by atoms with Crippen molar-refractivity contribution in [1.82, 2.24) is 14.5 Å². The van der Waals surface area contributed by atoms with Gasteiger partial charge in [0.1, 0.15) is 4.83 Å². The number of hydrogen-bond donors (Lipinski definition) is 1. The van der Waals surface area contributed by atoms with Gasteiger partial charge in [0.05, 0.1) is 11.1 Å². The summed E-state index contributed by atoms with van der Waals surface area (Å²) < 4.78 is 1.67. The van der Waals surface area contributed by atoms with Gasteiger partial charge in [0.15, 0.2) is 0 Å². The van der Waals surface area contributed by atoms with Crippen LogP contribution in [0.1, 0.15) is 24.3 Å². The second-order valence-corrected chi connectivity index (χ2v) is 9.02. The van der Waals surface area contributed by atoms with Crippen LogP contribution in [0.2, 0.25) is 5.02 Å². The number of thiophene rings is 1. The van der Waals surface area contributed by atoms with Crippen LogP contribution in [0, 0.1) is 5.92 Å². The minimum atomic E-state index is -0.0180. The highest BCUT2D eigenvalue weighted by molar-refractivity contribution is 7.18. The Morgan fingerprint density at radius 2 is 2.19 bits per heavy atom. The molecular formula is C20H23ClN4OS. The molecule has 1 N–H and O–H groups in total. The molecule has 0 spiro atoms. The molecule has 0 atom stereocenters. The lowest BCUT2D eigenvalue weighted by Crippen LogP contribution is -2.28. The molecule has 0 aliphatic carbocycles. The van der Waals surface area contributed by atoms with Crippen LogP contribution in [0.25, 0.3) is 15.9 Å². The Morgan fingerprint density at radius 1 is 1.37 bits per heavy atom. The van der Waals surface area contributed by atoms with E-state index in [2.05, 4.69) is 31.1 Å². The van der Waals surface area contributed by atoms with Crippen molar-refractivity contribution in [1.29, 1.82) is 0 Å². The number of likely N-dealkylation sites (N-methyl/N-ethyl adjacent to an activating group) is 1. The molecule has 4 rings (SSSR count). The van der Waals surface area contributed by atoms with Crippen LogP contribution in [0.15, 0.2) is 29.1 Å². The van der Waals surface area contributed by atoms with Crippen molar-refractivity contribution >= 4 is 39.1 Å². The van der Waals surface area contributed by atoms with E-state index in [1.807, 2.05) is 24.3 Å². The van der Waals surface area contributed by atoms with Crippen LogP contribution < -0.4 is 10.9 Å². The monoisotopic (exact) mass is 402 g/mol. The van der Waals surface area contributed by atoms with E-state index in [4.69, 9.17) is 16.6 Å². The number of hydrogen-bond acceptors (Lipinski definition) is 5. The van der Waals surface area contributed by atoms with Crippen LogP contribution in [-0.4, -0.2) is 34.6 Å². The van der Waals surface area contributed by atoms with Crippen LogP contribution in [-0.2, 0) is 13.0 Å². The van der Waals surface area contributed by atoms with Crippen molar-refractivity contribution in [3.05, 3.63) is 50.1 Å². The van der Waals surface area contributed by atoms with Crippen molar-refractivity contribution in [3.8, 4) is 5.69 Å². The van der Waals surface area contributed by atoms with E-state index in [9.17, 15) is 4.79 Å². The normalized spacial score (nSPS) is 14.7. The fourth-order valence-electron chi connectivity index (χ4n) is 3.44. The molecule has 0 saturated carbocycles. The van der Waals surface area contributed by atoms with Crippen molar-refractivity contribution in [2.75, 3.05) is 25.5 Å². The first-order valence-electron chi connectivity index (χ1n) is 9.19. The Bertz CT molecular complexity index is 1060. The predicted molar refractivity (Wildman–Crippen MR) is 114 cm³/mol. The van der Waals surface area contributed by atoms with Crippen molar-refractivity contribution < 1.29 is 0 Å². The molecular weight excluding hydrogens is 380 g/mol. The molecule has 2 aromatic heterocycles. The Morgan fingerprint density at radius 3 is 2.93 bits per heavy atom. The Kier molecular flexibility index (Phi) is 4.97. The Labute approximate surface area is 167 Å². The number of fused-ring (bicyclic) bond motifs is 3. The molecule has 3 heterocycles. The fourth-order valence-corrected chi connectivity index (χ4v) is 4.91. The van der Waals surface area contributed by atoms with E-state index < -0.39 is 0 Å². The molecule has 7 heteroatoms. The summed E-state index contributed by atoms with van der Waals surface area (Å²) in [5.74, 6) is 1.02. The van der Waals surface area contributed by atoms with E-state index in [1.165, 1.54) is 4.88 Å². The van der Waals surface area contributed by atoms with Crippen molar-refractivity contribution in [2.45, 2.75) is 26.8 Å². The zero-order valence-corrected chi connectivity index (χ0v) is 17.3. The number of nitrogens with one attached hydrogen (secondary N) is 1. The summed E-state index contributed by atoms with van der Waals surface area (Å²) in [5, 5.41) is 4.72. The largest absolute Gasteiger partial charge is 0.355 e. The number of aromatic nitrogens is 2. The molecule has 1 aromatic carbocycles. The molecule has 0 saturated heterocycles. The summed E-state index contributed by atoms with van der Waals surface area (Å²) in [6.45, 7) is 6.84. The van der Waals surface area contributed by atoms with Crippen LogP contribution in [0.4, 0.5) is 5.95 Å². The maximum absolute atomic E-state index is 13.6. The third-order valence-electron chi connectivity index (χ3n) is 4.80. The smallest absolute Gasteiger partial charge is 0.268 e. The summed E-state index contributed by atoms with van der Waals surface area (Å²) in [6.07, 6.45) is 0.886. The molecule has 27 heavy (non-hydrogen) atoms. The summed E-state index contributed by atoms with van der Waals surface area (Å²) in [4.78, 5) is 22.8. The molecule has 142 valence electrons. The van der Waals surface area contributed by atoms with E-state index in [1.54, 1.807) is 15.9 Å². The molecule has 1 aliphatic rings. The third-order valence-corrected chi connectivity index (χ3v) is 6.15. The van der Waals surface area contributed by atoms with Gasteiger partial charge in [-0.05, 0) is 43.1 Å². The topological polar surface area (TPSA) is 50.2 Å². The maximum Gasteiger partial charge on any atom is 0.268 e. The zero-order chi connectivity index (χ0) is 19.1. The quantitative estimate of drug-likeness (QED) is 0.712. The van der Waals surface area contributed by atoms with Gasteiger partial charge in [0.25, 0.3) is 5.56 Å². The first-order valence-corrected chi connectivity index (χ1v) is 10.4. The van der Waals surface area contributed by atoms with Gasteiger partial charge in [-0.2, -0.15) is 0 Å². The van der Waals surface area contributed by atoms with Gasteiger partial charge in [-0.25, -0.2) is 9.55 Å². The van der Waals surface area contributed by atoms with Gasteiger partial charge >= 0.3 is 0 Å². The van der Waals surface area contributed by atoms with Crippen LogP contribution in [0.5, 0.6) is 0 Å². The molecule has 0 unspecified atom stereocenters. The zero-order valence-electron chi connectivity index (χ0n) is 15.8.